The van der Waals surface area contributed by atoms with Gasteiger partial charge in [-0.2, -0.15) is 5.26 Å². The summed E-state index contributed by atoms with van der Waals surface area (Å²) >= 11 is 0. The van der Waals surface area contributed by atoms with E-state index in [1.165, 1.54) is 6.07 Å². The Bertz CT molecular complexity index is 637. The fourth-order valence-corrected chi connectivity index (χ4v) is 2.05. The number of unbranched alkanes of at least 4 members (excludes halogenated alkanes) is 1. The van der Waals surface area contributed by atoms with Crippen molar-refractivity contribution in [3.63, 3.8) is 0 Å². The Morgan fingerprint density at radius 2 is 2.22 bits per heavy atom. The van der Waals surface area contributed by atoms with Crippen molar-refractivity contribution in [3.8, 4) is 6.07 Å². The van der Waals surface area contributed by atoms with Gasteiger partial charge in [-0.3, -0.25) is 10.1 Å². The standard InChI is InChI=1S/C13H13N3O2/c1-2-3-7-15-8-6-10-11(9-14)13(16(17)18)5-4-12(10)15/h4-6,8H,2-3,7H2,1H3. The number of rotatable bonds is 4. The Labute approximate surface area is 104 Å². The lowest BCUT2D eigenvalue weighted by molar-refractivity contribution is -0.385. The fourth-order valence-electron chi connectivity index (χ4n) is 2.05. The summed E-state index contributed by atoms with van der Waals surface area (Å²) in [5, 5.41) is 20.6. The number of aryl methyl sites for hydroxylation is 1. The zero-order valence-electron chi connectivity index (χ0n) is 10.1. The van der Waals surface area contributed by atoms with Gasteiger partial charge in [-0.05, 0) is 18.6 Å². The quantitative estimate of drug-likeness (QED) is 0.611. The van der Waals surface area contributed by atoms with Gasteiger partial charge in [0.2, 0.25) is 0 Å². The van der Waals surface area contributed by atoms with Crippen molar-refractivity contribution in [2.75, 3.05) is 0 Å². The number of aromatic nitrogens is 1. The van der Waals surface area contributed by atoms with E-state index in [0.29, 0.717) is 5.39 Å². The summed E-state index contributed by atoms with van der Waals surface area (Å²) in [6.45, 7) is 2.97. The molecule has 0 spiro atoms. The Kier molecular flexibility index (Phi) is 3.28. The summed E-state index contributed by atoms with van der Waals surface area (Å²) in [6.07, 6.45) is 4.01. The molecule has 18 heavy (non-hydrogen) atoms. The number of nitrogens with zero attached hydrogens (tertiary/aromatic N) is 3. The number of benzene rings is 1. The SMILES string of the molecule is CCCCn1ccc2c(C#N)c([N+](=O)[O-])ccc21. The summed E-state index contributed by atoms with van der Waals surface area (Å²) in [4.78, 5) is 10.3. The van der Waals surface area contributed by atoms with Crippen LogP contribution in [0.25, 0.3) is 10.9 Å². The van der Waals surface area contributed by atoms with Crippen LogP contribution < -0.4 is 0 Å². The van der Waals surface area contributed by atoms with Crippen molar-refractivity contribution in [1.82, 2.24) is 4.57 Å². The molecule has 1 aromatic heterocycles. The van der Waals surface area contributed by atoms with E-state index in [1.807, 2.05) is 16.8 Å². The molecule has 1 aromatic carbocycles. The van der Waals surface area contributed by atoms with Crippen LogP contribution >= 0.6 is 0 Å². The normalized spacial score (nSPS) is 10.4. The van der Waals surface area contributed by atoms with Crippen molar-refractivity contribution < 1.29 is 4.92 Å². The highest BCUT2D eigenvalue weighted by atomic mass is 16.6. The summed E-state index contributed by atoms with van der Waals surface area (Å²) in [5.41, 5.74) is 0.900. The molecule has 1 heterocycles. The van der Waals surface area contributed by atoms with Crippen LogP contribution in [0.4, 0.5) is 5.69 Å². The van der Waals surface area contributed by atoms with E-state index in [-0.39, 0.29) is 11.3 Å². The summed E-state index contributed by atoms with van der Waals surface area (Å²) in [7, 11) is 0. The van der Waals surface area contributed by atoms with Gasteiger partial charge in [0.15, 0.2) is 0 Å². The second-order valence-corrected chi connectivity index (χ2v) is 4.12. The van der Waals surface area contributed by atoms with Gasteiger partial charge in [0.05, 0.1) is 4.92 Å². The molecular weight excluding hydrogens is 230 g/mol. The highest BCUT2D eigenvalue weighted by molar-refractivity contribution is 5.89. The Balaban J connectivity index is 2.59. The minimum Gasteiger partial charge on any atom is -0.347 e. The van der Waals surface area contributed by atoms with Crippen molar-refractivity contribution in [1.29, 1.82) is 5.26 Å². The first-order valence-electron chi connectivity index (χ1n) is 5.85. The third kappa shape index (κ3) is 1.93. The maximum absolute atomic E-state index is 10.9. The first-order valence-corrected chi connectivity index (χ1v) is 5.85. The smallest absolute Gasteiger partial charge is 0.287 e. The van der Waals surface area contributed by atoms with Gasteiger partial charge in [-0.1, -0.05) is 13.3 Å². The predicted octanol–water partition coefficient (Wildman–Crippen LogP) is 3.22. The van der Waals surface area contributed by atoms with E-state index >= 15 is 0 Å². The summed E-state index contributed by atoms with van der Waals surface area (Å²) in [6, 6.07) is 6.83. The lowest BCUT2D eigenvalue weighted by Gasteiger charge is -2.04. The van der Waals surface area contributed by atoms with E-state index < -0.39 is 4.92 Å². The molecule has 0 saturated carbocycles. The van der Waals surface area contributed by atoms with Crippen molar-refractivity contribution in [2.24, 2.45) is 0 Å². The van der Waals surface area contributed by atoms with E-state index in [0.717, 1.165) is 24.9 Å². The fraction of sp³-hybridized carbons (Fsp3) is 0.308. The van der Waals surface area contributed by atoms with Crippen LogP contribution in [0.3, 0.4) is 0 Å². The van der Waals surface area contributed by atoms with Gasteiger partial charge in [-0.15, -0.1) is 0 Å². The second-order valence-electron chi connectivity index (χ2n) is 4.12. The van der Waals surface area contributed by atoms with Crippen LogP contribution in [0.2, 0.25) is 0 Å². The van der Waals surface area contributed by atoms with Crippen LogP contribution in [-0.4, -0.2) is 9.49 Å². The van der Waals surface area contributed by atoms with E-state index in [1.54, 1.807) is 12.1 Å². The molecule has 92 valence electrons. The molecule has 0 aliphatic rings. The number of hydrogen-bond acceptors (Lipinski definition) is 3. The van der Waals surface area contributed by atoms with E-state index in [4.69, 9.17) is 5.26 Å². The lowest BCUT2D eigenvalue weighted by Crippen LogP contribution is -1.97. The first-order chi connectivity index (χ1) is 8.69. The van der Waals surface area contributed by atoms with Crippen molar-refractivity contribution in [2.45, 2.75) is 26.3 Å². The maximum atomic E-state index is 10.9. The molecule has 0 fully saturated rings. The molecule has 2 aromatic rings. The minimum atomic E-state index is -0.513. The highest BCUT2D eigenvalue weighted by Gasteiger charge is 2.18. The number of nitro groups is 1. The Morgan fingerprint density at radius 3 is 2.83 bits per heavy atom. The third-order valence-electron chi connectivity index (χ3n) is 2.99. The van der Waals surface area contributed by atoms with Gasteiger partial charge in [0.1, 0.15) is 11.6 Å². The molecule has 5 heteroatoms. The molecule has 0 aliphatic heterocycles. The molecular formula is C13H13N3O2. The topological polar surface area (TPSA) is 71.9 Å². The first kappa shape index (κ1) is 12.1. The molecule has 0 radical (unpaired) electrons. The number of nitriles is 1. The van der Waals surface area contributed by atoms with Crippen LogP contribution in [0.5, 0.6) is 0 Å². The third-order valence-corrected chi connectivity index (χ3v) is 2.99. The van der Waals surface area contributed by atoms with E-state index in [2.05, 4.69) is 6.92 Å². The molecule has 0 atom stereocenters. The molecule has 0 N–H and O–H groups in total. The number of fused-ring (bicyclic) bond motifs is 1. The van der Waals surface area contributed by atoms with Gasteiger partial charge in [-0.25, -0.2) is 0 Å². The Morgan fingerprint density at radius 1 is 1.44 bits per heavy atom. The zero-order valence-corrected chi connectivity index (χ0v) is 10.1. The second kappa shape index (κ2) is 4.88. The number of hydrogen-bond donors (Lipinski definition) is 0. The molecule has 5 nitrogen and oxygen atoms in total. The predicted molar refractivity (Wildman–Crippen MR) is 68.2 cm³/mol. The Hall–Kier alpha value is -2.35. The lowest BCUT2D eigenvalue weighted by atomic mass is 10.1. The molecule has 2 rings (SSSR count). The van der Waals surface area contributed by atoms with Gasteiger partial charge < -0.3 is 4.57 Å². The molecule has 0 amide bonds. The molecule has 0 saturated heterocycles. The molecule has 0 bridgehead atoms. The average molecular weight is 243 g/mol. The van der Waals surface area contributed by atoms with Crippen LogP contribution in [-0.2, 0) is 6.54 Å². The summed E-state index contributed by atoms with van der Waals surface area (Å²) in [5.74, 6) is 0. The van der Waals surface area contributed by atoms with Gasteiger partial charge in [0.25, 0.3) is 5.69 Å². The van der Waals surface area contributed by atoms with Crippen LogP contribution in [0.15, 0.2) is 24.4 Å². The summed E-state index contributed by atoms with van der Waals surface area (Å²) < 4.78 is 2.03. The maximum Gasteiger partial charge on any atom is 0.287 e. The monoisotopic (exact) mass is 243 g/mol. The van der Waals surface area contributed by atoms with Crippen molar-refractivity contribution >= 4 is 16.6 Å². The molecule has 0 aliphatic carbocycles. The average Bonchev–Trinajstić information content (AvgIpc) is 2.78. The number of nitro benzene ring substituents is 1. The van der Waals surface area contributed by atoms with E-state index in [9.17, 15) is 10.1 Å². The molecule has 0 unspecified atom stereocenters. The zero-order chi connectivity index (χ0) is 13.1. The van der Waals surface area contributed by atoms with Gasteiger partial charge >= 0.3 is 0 Å². The van der Waals surface area contributed by atoms with Crippen LogP contribution in [0, 0.1) is 21.4 Å². The van der Waals surface area contributed by atoms with Gasteiger partial charge in [0, 0.05) is 29.7 Å². The van der Waals surface area contributed by atoms with Crippen LogP contribution in [0.1, 0.15) is 25.3 Å². The minimum absolute atomic E-state index is 0.127. The largest absolute Gasteiger partial charge is 0.347 e. The van der Waals surface area contributed by atoms with Crippen molar-refractivity contribution in [3.05, 3.63) is 40.1 Å². The highest BCUT2D eigenvalue weighted by Crippen LogP contribution is 2.28.